The van der Waals surface area contributed by atoms with Gasteiger partial charge in [0.15, 0.2) is 17.5 Å². The van der Waals surface area contributed by atoms with Crippen molar-refractivity contribution in [2.75, 3.05) is 18.4 Å². The Morgan fingerprint density at radius 3 is 2.64 bits per heavy atom. The maximum Gasteiger partial charge on any atom is 0.238 e. The molecule has 0 saturated carbocycles. The summed E-state index contributed by atoms with van der Waals surface area (Å²) in [5.41, 5.74) is -0.402. The Balaban J connectivity index is 2.05. The highest BCUT2D eigenvalue weighted by Gasteiger charge is 2.18. The van der Waals surface area contributed by atoms with Crippen LogP contribution < -0.4 is 5.32 Å². The molecular formula is C16H18ClF3N4O. The smallest absolute Gasteiger partial charge is 0.238 e. The summed E-state index contributed by atoms with van der Waals surface area (Å²) in [6.45, 7) is 2.85. The van der Waals surface area contributed by atoms with Crippen molar-refractivity contribution in [1.29, 1.82) is 0 Å². The van der Waals surface area contributed by atoms with Crippen LogP contribution in [0, 0.1) is 17.5 Å². The van der Waals surface area contributed by atoms with Crippen molar-refractivity contribution in [1.82, 2.24) is 14.5 Å². The molecule has 25 heavy (non-hydrogen) atoms. The summed E-state index contributed by atoms with van der Waals surface area (Å²) < 4.78 is 41.5. The number of hydrogen-bond donors (Lipinski definition) is 1. The molecule has 0 atom stereocenters. The highest BCUT2D eigenvalue weighted by atomic mass is 35.5. The van der Waals surface area contributed by atoms with Gasteiger partial charge in [0.25, 0.3) is 0 Å². The molecule has 136 valence electrons. The molecule has 1 aromatic heterocycles. The van der Waals surface area contributed by atoms with E-state index < -0.39 is 29.0 Å². The molecule has 1 aromatic carbocycles. The standard InChI is InChI=1S/C16H18ClF3N4O/c1-3-6-24(8-13-21-7-12(17)23(13)2)9-14(25)22-11-5-4-10(18)15(19)16(11)20/h4-5,7H,3,6,8-9H2,1-2H3,(H,22,25). The molecule has 1 amide bonds. The number of amides is 1. The van der Waals surface area contributed by atoms with Crippen LogP contribution in [0.25, 0.3) is 0 Å². The minimum absolute atomic E-state index is 0.0588. The third-order valence-corrected chi connectivity index (χ3v) is 3.96. The number of imidazole rings is 1. The van der Waals surface area contributed by atoms with E-state index in [0.29, 0.717) is 24.1 Å². The Hall–Kier alpha value is -2.06. The molecule has 0 radical (unpaired) electrons. The van der Waals surface area contributed by atoms with Gasteiger partial charge in [-0.2, -0.15) is 0 Å². The van der Waals surface area contributed by atoms with Crippen LogP contribution in [-0.2, 0) is 18.4 Å². The molecule has 0 bridgehead atoms. The fourth-order valence-electron chi connectivity index (χ4n) is 2.32. The van der Waals surface area contributed by atoms with Gasteiger partial charge in [-0.15, -0.1) is 0 Å². The highest BCUT2D eigenvalue weighted by Crippen LogP contribution is 2.19. The van der Waals surface area contributed by atoms with Gasteiger partial charge < -0.3 is 9.88 Å². The Kier molecular flexibility index (Phi) is 6.44. The average Bonchev–Trinajstić information content (AvgIpc) is 2.87. The summed E-state index contributed by atoms with van der Waals surface area (Å²) in [6.07, 6.45) is 2.29. The first kappa shape index (κ1) is 19.3. The van der Waals surface area contributed by atoms with Gasteiger partial charge in [-0.3, -0.25) is 9.69 Å². The molecule has 0 aliphatic carbocycles. The molecule has 2 aromatic rings. The number of hydrogen-bond acceptors (Lipinski definition) is 3. The van der Waals surface area contributed by atoms with E-state index in [2.05, 4.69) is 10.3 Å². The van der Waals surface area contributed by atoms with Gasteiger partial charge in [0.05, 0.1) is 25.0 Å². The van der Waals surface area contributed by atoms with Gasteiger partial charge in [-0.1, -0.05) is 18.5 Å². The summed E-state index contributed by atoms with van der Waals surface area (Å²) in [5, 5.41) is 2.73. The molecule has 1 N–H and O–H groups in total. The minimum Gasteiger partial charge on any atom is -0.322 e. The zero-order valence-corrected chi connectivity index (χ0v) is 14.6. The van der Waals surface area contributed by atoms with Gasteiger partial charge >= 0.3 is 0 Å². The van der Waals surface area contributed by atoms with Crippen LogP contribution in [-0.4, -0.2) is 33.4 Å². The van der Waals surface area contributed by atoms with Crippen LogP contribution >= 0.6 is 11.6 Å². The maximum atomic E-state index is 13.6. The fraction of sp³-hybridized carbons (Fsp3) is 0.375. The Bertz CT molecular complexity index is 766. The molecule has 1 heterocycles. The molecule has 0 aliphatic rings. The normalized spacial score (nSPS) is 11.2. The van der Waals surface area contributed by atoms with E-state index in [1.54, 1.807) is 16.5 Å². The lowest BCUT2D eigenvalue weighted by Crippen LogP contribution is -2.34. The zero-order chi connectivity index (χ0) is 18.6. The van der Waals surface area contributed by atoms with Crippen molar-refractivity contribution in [2.24, 2.45) is 7.05 Å². The predicted octanol–water partition coefficient (Wildman–Crippen LogP) is 3.34. The number of carbonyl (C=O) groups excluding carboxylic acids is 1. The van der Waals surface area contributed by atoms with E-state index in [9.17, 15) is 18.0 Å². The largest absolute Gasteiger partial charge is 0.322 e. The third-order valence-electron chi connectivity index (χ3n) is 3.61. The molecule has 0 unspecified atom stereocenters. The van der Waals surface area contributed by atoms with E-state index in [4.69, 9.17) is 11.6 Å². The van der Waals surface area contributed by atoms with E-state index in [1.807, 2.05) is 6.92 Å². The van der Waals surface area contributed by atoms with Gasteiger partial charge in [-0.25, -0.2) is 18.2 Å². The lowest BCUT2D eigenvalue weighted by Gasteiger charge is -2.21. The number of carbonyl (C=O) groups is 1. The van der Waals surface area contributed by atoms with Gasteiger partial charge in [0.2, 0.25) is 5.91 Å². The van der Waals surface area contributed by atoms with E-state index in [1.165, 1.54) is 6.20 Å². The Morgan fingerprint density at radius 1 is 1.32 bits per heavy atom. The predicted molar refractivity (Wildman–Crippen MR) is 88.7 cm³/mol. The third kappa shape index (κ3) is 4.73. The number of aromatic nitrogens is 2. The second-order valence-corrected chi connectivity index (χ2v) is 5.93. The monoisotopic (exact) mass is 374 g/mol. The summed E-state index contributed by atoms with van der Waals surface area (Å²) >= 11 is 5.94. The number of nitrogens with one attached hydrogen (secondary N) is 1. The van der Waals surface area contributed by atoms with Gasteiger partial charge in [0, 0.05) is 7.05 Å². The number of halogens is 4. The Morgan fingerprint density at radius 2 is 2.04 bits per heavy atom. The summed E-state index contributed by atoms with van der Waals surface area (Å²) in [5.74, 6) is -4.23. The van der Waals surface area contributed by atoms with Gasteiger partial charge in [0.1, 0.15) is 11.0 Å². The maximum absolute atomic E-state index is 13.6. The second-order valence-electron chi connectivity index (χ2n) is 5.54. The summed E-state index contributed by atoms with van der Waals surface area (Å²) in [4.78, 5) is 18.1. The van der Waals surface area contributed by atoms with Crippen LogP contribution in [0.2, 0.25) is 5.15 Å². The summed E-state index contributed by atoms with van der Waals surface area (Å²) in [7, 11) is 1.76. The second kappa shape index (κ2) is 8.35. The van der Waals surface area contributed by atoms with Crippen molar-refractivity contribution in [3.8, 4) is 0 Å². The molecule has 0 fully saturated rings. The fourth-order valence-corrected chi connectivity index (χ4v) is 2.46. The molecule has 5 nitrogen and oxygen atoms in total. The number of rotatable bonds is 7. The quantitative estimate of drug-likeness (QED) is 0.756. The average molecular weight is 375 g/mol. The van der Waals surface area contributed by atoms with Crippen molar-refractivity contribution in [3.63, 3.8) is 0 Å². The number of benzene rings is 1. The van der Waals surface area contributed by atoms with Crippen LogP contribution in [0.5, 0.6) is 0 Å². The van der Waals surface area contributed by atoms with Crippen LogP contribution in [0.15, 0.2) is 18.3 Å². The lowest BCUT2D eigenvalue weighted by molar-refractivity contribution is -0.117. The van der Waals surface area contributed by atoms with Crippen molar-refractivity contribution < 1.29 is 18.0 Å². The molecular weight excluding hydrogens is 357 g/mol. The van der Waals surface area contributed by atoms with Crippen LogP contribution in [0.4, 0.5) is 18.9 Å². The molecule has 0 spiro atoms. The highest BCUT2D eigenvalue weighted by molar-refractivity contribution is 6.29. The van der Waals surface area contributed by atoms with Crippen molar-refractivity contribution >= 4 is 23.2 Å². The van der Waals surface area contributed by atoms with Crippen molar-refractivity contribution in [3.05, 3.63) is 46.8 Å². The van der Waals surface area contributed by atoms with Crippen LogP contribution in [0.1, 0.15) is 19.2 Å². The Labute approximate surface area is 148 Å². The van der Waals surface area contributed by atoms with Gasteiger partial charge in [-0.05, 0) is 25.1 Å². The van der Waals surface area contributed by atoms with Crippen LogP contribution in [0.3, 0.4) is 0 Å². The van der Waals surface area contributed by atoms with Crippen molar-refractivity contribution in [2.45, 2.75) is 19.9 Å². The van der Waals surface area contributed by atoms with E-state index in [-0.39, 0.29) is 6.54 Å². The molecule has 2 rings (SSSR count). The topological polar surface area (TPSA) is 50.2 Å². The van der Waals surface area contributed by atoms with E-state index in [0.717, 1.165) is 18.6 Å². The first-order valence-electron chi connectivity index (χ1n) is 7.65. The zero-order valence-electron chi connectivity index (χ0n) is 13.8. The first-order valence-corrected chi connectivity index (χ1v) is 8.03. The number of anilines is 1. The lowest BCUT2D eigenvalue weighted by atomic mass is 10.2. The number of nitrogens with zero attached hydrogens (tertiary/aromatic N) is 3. The first-order chi connectivity index (χ1) is 11.8. The molecule has 9 heteroatoms. The van der Waals surface area contributed by atoms with E-state index >= 15 is 0 Å². The summed E-state index contributed by atoms with van der Waals surface area (Å²) in [6, 6.07) is 1.74. The minimum atomic E-state index is -1.62. The SMILES string of the molecule is CCCN(CC(=O)Nc1ccc(F)c(F)c1F)Cc1ncc(Cl)n1C. The molecule has 0 saturated heterocycles. The molecule has 0 aliphatic heterocycles.